The first-order valence-electron chi connectivity index (χ1n) is 6.63. The Morgan fingerprint density at radius 3 is 2.26 bits per heavy atom. The molecule has 1 nitrogen and oxygen atoms in total. The van der Waals surface area contributed by atoms with Gasteiger partial charge in [-0.05, 0) is 30.7 Å². The highest BCUT2D eigenvalue weighted by Crippen LogP contribution is 2.28. The third-order valence-electron chi connectivity index (χ3n) is 2.72. The number of rotatable bonds is 6. The minimum absolute atomic E-state index is 0.276. The van der Waals surface area contributed by atoms with Gasteiger partial charge in [0, 0.05) is 26.6 Å². The van der Waals surface area contributed by atoms with Gasteiger partial charge in [-0.1, -0.05) is 57.0 Å². The molecule has 0 saturated heterocycles. The summed E-state index contributed by atoms with van der Waals surface area (Å²) in [4.78, 5) is 0. The monoisotopic (exact) mass is 319 g/mol. The second kappa shape index (κ2) is 7.78. The average molecular weight is 320 g/mol. The first-order valence-corrected chi connectivity index (χ1v) is 8.38. The van der Waals surface area contributed by atoms with Crippen molar-refractivity contribution in [1.82, 2.24) is 5.32 Å². The highest BCUT2D eigenvalue weighted by atomic mass is 35.5. The van der Waals surface area contributed by atoms with Gasteiger partial charge in [-0.15, -0.1) is 0 Å². The van der Waals surface area contributed by atoms with Crippen molar-refractivity contribution in [2.45, 2.75) is 44.9 Å². The van der Waals surface area contributed by atoms with E-state index in [1.54, 1.807) is 0 Å². The molecule has 0 spiro atoms. The molecule has 0 radical (unpaired) electrons. The molecule has 1 aromatic carbocycles. The van der Waals surface area contributed by atoms with Crippen molar-refractivity contribution < 1.29 is 0 Å². The molecule has 0 saturated carbocycles. The SMILES string of the molecule is CCNC(CSC(C)(C)C)Cc1c(Cl)cccc1Cl. The minimum atomic E-state index is 0.276. The summed E-state index contributed by atoms with van der Waals surface area (Å²) in [7, 11) is 0. The zero-order valence-corrected chi connectivity index (χ0v) is 14.4. The van der Waals surface area contributed by atoms with Crippen LogP contribution in [0.25, 0.3) is 0 Å². The number of halogens is 2. The standard InChI is InChI=1S/C15H23Cl2NS/c1-5-18-11(10-19-15(2,3)4)9-12-13(16)7-6-8-14(12)17/h6-8,11,18H,5,9-10H2,1-4H3. The Kier molecular flexibility index (Phi) is 7.02. The third kappa shape index (κ3) is 6.40. The van der Waals surface area contributed by atoms with Crippen molar-refractivity contribution in [3.05, 3.63) is 33.8 Å². The predicted molar refractivity (Wildman–Crippen MR) is 89.8 cm³/mol. The molecule has 1 rings (SSSR count). The molecule has 108 valence electrons. The van der Waals surface area contributed by atoms with E-state index in [1.165, 1.54) is 0 Å². The van der Waals surface area contributed by atoms with Crippen molar-refractivity contribution in [2.24, 2.45) is 0 Å². The Balaban J connectivity index is 2.72. The summed E-state index contributed by atoms with van der Waals surface area (Å²) >= 11 is 14.5. The Morgan fingerprint density at radius 2 is 1.79 bits per heavy atom. The van der Waals surface area contributed by atoms with Gasteiger partial charge in [0.25, 0.3) is 0 Å². The molecule has 0 heterocycles. The van der Waals surface area contributed by atoms with Crippen LogP contribution >= 0.6 is 35.0 Å². The second-order valence-electron chi connectivity index (χ2n) is 5.58. The van der Waals surface area contributed by atoms with E-state index in [9.17, 15) is 0 Å². The Labute approximate surface area is 131 Å². The van der Waals surface area contributed by atoms with Gasteiger partial charge < -0.3 is 5.32 Å². The summed E-state index contributed by atoms with van der Waals surface area (Å²) in [6.45, 7) is 9.80. The lowest BCUT2D eigenvalue weighted by Gasteiger charge is -2.24. The highest BCUT2D eigenvalue weighted by molar-refractivity contribution is 8.00. The normalized spacial score (nSPS) is 13.6. The molecule has 0 aliphatic heterocycles. The number of benzene rings is 1. The molecule has 0 aliphatic carbocycles. The smallest absolute Gasteiger partial charge is 0.0453 e. The maximum atomic E-state index is 6.24. The van der Waals surface area contributed by atoms with Gasteiger partial charge in [0.2, 0.25) is 0 Å². The van der Waals surface area contributed by atoms with Crippen LogP contribution in [0.4, 0.5) is 0 Å². The topological polar surface area (TPSA) is 12.0 Å². The summed E-state index contributed by atoms with van der Waals surface area (Å²) in [5.41, 5.74) is 1.05. The maximum absolute atomic E-state index is 6.24. The number of thioether (sulfide) groups is 1. The first-order chi connectivity index (χ1) is 8.83. The molecule has 0 aromatic heterocycles. The predicted octanol–water partition coefficient (Wildman–Crippen LogP) is 5.05. The van der Waals surface area contributed by atoms with E-state index in [-0.39, 0.29) is 4.75 Å². The molecule has 1 N–H and O–H groups in total. The van der Waals surface area contributed by atoms with Crippen LogP contribution in [0.5, 0.6) is 0 Å². The van der Waals surface area contributed by atoms with Crippen LogP contribution in [0.3, 0.4) is 0 Å². The molecule has 0 fully saturated rings. The van der Waals surface area contributed by atoms with E-state index in [0.29, 0.717) is 6.04 Å². The lowest BCUT2D eigenvalue weighted by molar-refractivity contribution is 0.570. The molecule has 0 amide bonds. The Bertz CT molecular complexity index is 381. The number of hydrogen-bond acceptors (Lipinski definition) is 2. The summed E-state index contributed by atoms with van der Waals surface area (Å²) < 4.78 is 0.276. The zero-order chi connectivity index (χ0) is 14.5. The van der Waals surface area contributed by atoms with Crippen molar-refractivity contribution >= 4 is 35.0 Å². The van der Waals surface area contributed by atoms with Crippen LogP contribution in [0.2, 0.25) is 10.0 Å². The highest BCUT2D eigenvalue weighted by Gasteiger charge is 2.17. The van der Waals surface area contributed by atoms with Crippen molar-refractivity contribution in [3.8, 4) is 0 Å². The van der Waals surface area contributed by atoms with Crippen LogP contribution in [0.15, 0.2) is 18.2 Å². The first kappa shape index (κ1) is 17.2. The molecular formula is C15H23Cl2NS. The minimum Gasteiger partial charge on any atom is -0.313 e. The van der Waals surface area contributed by atoms with Crippen LogP contribution in [0.1, 0.15) is 33.3 Å². The summed E-state index contributed by atoms with van der Waals surface area (Å²) in [6.07, 6.45) is 0.870. The molecular weight excluding hydrogens is 297 g/mol. The Hall–Kier alpha value is 0.110. The van der Waals surface area contributed by atoms with Gasteiger partial charge in [0.05, 0.1) is 0 Å². The van der Waals surface area contributed by atoms with Crippen molar-refractivity contribution in [1.29, 1.82) is 0 Å². The van der Waals surface area contributed by atoms with E-state index >= 15 is 0 Å². The fourth-order valence-corrected chi connectivity index (χ4v) is 3.29. The molecule has 0 aliphatic rings. The quantitative estimate of drug-likeness (QED) is 0.787. The maximum Gasteiger partial charge on any atom is 0.0453 e. The van der Waals surface area contributed by atoms with Crippen LogP contribution in [-0.2, 0) is 6.42 Å². The molecule has 4 heteroatoms. The second-order valence-corrected chi connectivity index (χ2v) is 8.24. The molecule has 1 unspecified atom stereocenters. The van der Waals surface area contributed by atoms with Gasteiger partial charge in [0.15, 0.2) is 0 Å². The van der Waals surface area contributed by atoms with E-state index in [4.69, 9.17) is 23.2 Å². The van der Waals surface area contributed by atoms with Gasteiger partial charge >= 0.3 is 0 Å². The third-order valence-corrected chi connectivity index (χ3v) is 4.87. The molecule has 1 atom stereocenters. The fourth-order valence-electron chi connectivity index (χ4n) is 1.80. The lowest BCUT2D eigenvalue weighted by atomic mass is 10.1. The van der Waals surface area contributed by atoms with Crippen molar-refractivity contribution in [2.75, 3.05) is 12.3 Å². The van der Waals surface area contributed by atoms with E-state index < -0.39 is 0 Å². The summed E-state index contributed by atoms with van der Waals surface area (Å²) in [6, 6.07) is 6.10. The molecule has 0 bridgehead atoms. The van der Waals surface area contributed by atoms with Crippen LogP contribution < -0.4 is 5.32 Å². The summed E-state index contributed by atoms with van der Waals surface area (Å²) in [5.74, 6) is 1.05. The molecule has 1 aromatic rings. The van der Waals surface area contributed by atoms with Gasteiger partial charge in [0.1, 0.15) is 0 Å². The van der Waals surface area contributed by atoms with Crippen molar-refractivity contribution in [3.63, 3.8) is 0 Å². The van der Waals surface area contributed by atoms with E-state index in [0.717, 1.165) is 34.3 Å². The van der Waals surface area contributed by atoms with E-state index in [2.05, 4.69) is 33.0 Å². The van der Waals surface area contributed by atoms with Gasteiger partial charge in [-0.2, -0.15) is 11.8 Å². The van der Waals surface area contributed by atoms with E-state index in [1.807, 2.05) is 30.0 Å². The number of nitrogens with one attached hydrogen (secondary N) is 1. The largest absolute Gasteiger partial charge is 0.313 e. The van der Waals surface area contributed by atoms with Crippen LogP contribution in [-0.4, -0.2) is 23.1 Å². The average Bonchev–Trinajstić information content (AvgIpc) is 2.30. The number of likely N-dealkylation sites (N-methyl/N-ethyl adjacent to an activating group) is 1. The lowest BCUT2D eigenvalue weighted by Crippen LogP contribution is -2.34. The van der Waals surface area contributed by atoms with Gasteiger partial charge in [-0.25, -0.2) is 0 Å². The summed E-state index contributed by atoms with van der Waals surface area (Å²) in [5, 5.41) is 5.04. The fraction of sp³-hybridized carbons (Fsp3) is 0.600. The Morgan fingerprint density at radius 1 is 1.21 bits per heavy atom. The van der Waals surface area contributed by atoms with Crippen LogP contribution in [0, 0.1) is 0 Å². The van der Waals surface area contributed by atoms with Gasteiger partial charge in [-0.3, -0.25) is 0 Å². The zero-order valence-electron chi connectivity index (χ0n) is 12.1. The number of hydrogen-bond donors (Lipinski definition) is 1. The molecule has 19 heavy (non-hydrogen) atoms.